The first-order valence-corrected chi connectivity index (χ1v) is 6.92. The maximum absolute atomic E-state index is 4.08. The Morgan fingerprint density at radius 2 is 1.68 bits per heavy atom. The maximum atomic E-state index is 4.08. The summed E-state index contributed by atoms with van der Waals surface area (Å²) >= 11 is 0. The minimum absolute atomic E-state index is 1.12. The van der Waals surface area contributed by atoms with Crippen LogP contribution in [0.3, 0.4) is 0 Å². The molecule has 4 nitrogen and oxygen atoms in total. The first-order chi connectivity index (χ1) is 9.36. The summed E-state index contributed by atoms with van der Waals surface area (Å²) in [5.74, 6) is 0. The van der Waals surface area contributed by atoms with Crippen LogP contribution in [0, 0.1) is 0 Å². The number of nitrogens with zero attached hydrogens (tertiary/aromatic N) is 4. The highest BCUT2D eigenvalue weighted by molar-refractivity contribution is 5.51. The van der Waals surface area contributed by atoms with Gasteiger partial charge in [0.15, 0.2) is 0 Å². The minimum atomic E-state index is 1.12. The number of piperazine rings is 1. The van der Waals surface area contributed by atoms with Gasteiger partial charge in [-0.15, -0.1) is 0 Å². The van der Waals surface area contributed by atoms with E-state index in [1.807, 2.05) is 17.1 Å². The third-order valence-corrected chi connectivity index (χ3v) is 3.84. The number of benzene rings is 1. The highest BCUT2D eigenvalue weighted by atomic mass is 15.3. The topological polar surface area (TPSA) is 24.3 Å². The van der Waals surface area contributed by atoms with Gasteiger partial charge in [0.05, 0.1) is 6.33 Å². The van der Waals surface area contributed by atoms with Gasteiger partial charge in [-0.3, -0.25) is 0 Å². The Kier molecular flexibility index (Phi) is 3.51. The molecule has 3 rings (SSSR count). The van der Waals surface area contributed by atoms with Crippen LogP contribution in [0.15, 0.2) is 43.0 Å². The second-order valence-corrected chi connectivity index (χ2v) is 4.91. The molecule has 1 aromatic carbocycles. The van der Waals surface area contributed by atoms with E-state index >= 15 is 0 Å². The Bertz CT molecular complexity index is 495. The maximum Gasteiger partial charge on any atom is 0.0991 e. The van der Waals surface area contributed by atoms with Crippen molar-refractivity contribution >= 4 is 5.69 Å². The van der Waals surface area contributed by atoms with Crippen LogP contribution in [0.25, 0.3) is 5.69 Å². The fourth-order valence-electron chi connectivity index (χ4n) is 2.57. The largest absolute Gasteiger partial charge is 0.369 e. The van der Waals surface area contributed by atoms with E-state index in [4.69, 9.17) is 0 Å². The molecule has 0 saturated carbocycles. The van der Waals surface area contributed by atoms with Gasteiger partial charge in [0.2, 0.25) is 0 Å². The van der Waals surface area contributed by atoms with Crippen LogP contribution in [0.5, 0.6) is 0 Å². The minimum Gasteiger partial charge on any atom is -0.369 e. The van der Waals surface area contributed by atoms with E-state index in [1.54, 1.807) is 6.20 Å². The number of likely N-dealkylation sites (N-methyl/N-ethyl adjacent to an activating group) is 1. The van der Waals surface area contributed by atoms with Gasteiger partial charge in [0.1, 0.15) is 0 Å². The molecule has 0 aliphatic carbocycles. The van der Waals surface area contributed by atoms with Crippen molar-refractivity contribution in [1.82, 2.24) is 14.5 Å². The predicted octanol–water partition coefficient (Wildman–Crippen LogP) is 2.01. The molecule has 100 valence electrons. The van der Waals surface area contributed by atoms with Crippen LogP contribution in [0.2, 0.25) is 0 Å². The quantitative estimate of drug-likeness (QED) is 0.839. The Morgan fingerprint density at radius 3 is 2.26 bits per heavy atom. The number of anilines is 1. The summed E-state index contributed by atoms with van der Waals surface area (Å²) in [6.45, 7) is 7.97. The van der Waals surface area contributed by atoms with Gasteiger partial charge in [-0.25, -0.2) is 4.98 Å². The van der Waals surface area contributed by atoms with E-state index in [0.29, 0.717) is 0 Å². The van der Waals surface area contributed by atoms with Gasteiger partial charge in [0, 0.05) is 49.9 Å². The van der Waals surface area contributed by atoms with Crippen molar-refractivity contribution in [1.29, 1.82) is 0 Å². The number of hydrogen-bond donors (Lipinski definition) is 0. The normalized spacial score (nSPS) is 16.8. The standard InChI is InChI=1S/C15H20N4/c1-2-17-9-11-18(12-10-17)14-3-5-15(6-4-14)19-8-7-16-13-19/h3-8,13H,2,9-12H2,1H3. The summed E-state index contributed by atoms with van der Waals surface area (Å²) in [6.07, 6.45) is 5.60. The first-order valence-electron chi connectivity index (χ1n) is 6.92. The van der Waals surface area contributed by atoms with E-state index in [9.17, 15) is 0 Å². The van der Waals surface area contributed by atoms with E-state index in [-0.39, 0.29) is 0 Å². The second-order valence-electron chi connectivity index (χ2n) is 4.91. The highest BCUT2D eigenvalue weighted by Crippen LogP contribution is 2.18. The molecule has 1 aliphatic heterocycles. The monoisotopic (exact) mass is 256 g/mol. The molecule has 2 aromatic rings. The molecule has 1 aliphatic rings. The molecule has 1 aromatic heterocycles. The zero-order valence-electron chi connectivity index (χ0n) is 11.4. The van der Waals surface area contributed by atoms with Crippen molar-refractivity contribution in [3.63, 3.8) is 0 Å². The van der Waals surface area contributed by atoms with Gasteiger partial charge in [-0.05, 0) is 30.8 Å². The van der Waals surface area contributed by atoms with Gasteiger partial charge < -0.3 is 14.4 Å². The Labute approximate surface area is 114 Å². The number of aromatic nitrogens is 2. The average Bonchev–Trinajstić information content (AvgIpc) is 3.02. The molecule has 0 bridgehead atoms. The summed E-state index contributed by atoms with van der Waals surface area (Å²) < 4.78 is 2.03. The Morgan fingerprint density at radius 1 is 1.00 bits per heavy atom. The SMILES string of the molecule is CCN1CCN(c2ccc(-n3ccnc3)cc2)CC1. The molecule has 2 heterocycles. The fourth-order valence-corrected chi connectivity index (χ4v) is 2.57. The Hall–Kier alpha value is -1.81. The highest BCUT2D eigenvalue weighted by Gasteiger charge is 2.15. The molecule has 0 atom stereocenters. The molecule has 4 heteroatoms. The molecule has 0 amide bonds. The average molecular weight is 256 g/mol. The van der Waals surface area contributed by atoms with E-state index < -0.39 is 0 Å². The van der Waals surface area contributed by atoms with Crippen LogP contribution < -0.4 is 4.90 Å². The lowest BCUT2D eigenvalue weighted by Gasteiger charge is -2.35. The lowest BCUT2D eigenvalue weighted by Crippen LogP contribution is -2.46. The Balaban J connectivity index is 1.70. The molecule has 0 spiro atoms. The fraction of sp³-hybridized carbons (Fsp3) is 0.400. The predicted molar refractivity (Wildman–Crippen MR) is 77.9 cm³/mol. The van der Waals surface area contributed by atoms with Crippen molar-refractivity contribution in [3.05, 3.63) is 43.0 Å². The van der Waals surface area contributed by atoms with Crippen molar-refractivity contribution in [3.8, 4) is 5.69 Å². The summed E-state index contributed by atoms with van der Waals surface area (Å²) in [6, 6.07) is 8.72. The lowest BCUT2D eigenvalue weighted by molar-refractivity contribution is 0.271. The smallest absolute Gasteiger partial charge is 0.0991 e. The van der Waals surface area contributed by atoms with Gasteiger partial charge in [-0.1, -0.05) is 6.92 Å². The molecule has 0 radical (unpaired) electrons. The van der Waals surface area contributed by atoms with Crippen molar-refractivity contribution < 1.29 is 0 Å². The van der Waals surface area contributed by atoms with Crippen LogP contribution >= 0.6 is 0 Å². The molecule has 19 heavy (non-hydrogen) atoms. The summed E-state index contributed by atoms with van der Waals surface area (Å²) in [5.41, 5.74) is 2.48. The lowest BCUT2D eigenvalue weighted by atomic mass is 10.2. The van der Waals surface area contributed by atoms with Crippen molar-refractivity contribution in [2.24, 2.45) is 0 Å². The molecular formula is C15H20N4. The van der Waals surface area contributed by atoms with E-state index in [1.165, 1.54) is 18.8 Å². The van der Waals surface area contributed by atoms with E-state index in [0.717, 1.165) is 25.3 Å². The van der Waals surface area contributed by atoms with Gasteiger partial charge in [0.25, 0.3) is 0 Å². The first kappa shape index (κ1) is 12.2. The summed E-state index contributed by atoms with van der Waals surface area (Å²) in [7, 11) is 0. The molecule has 1 fully saturated rings. The van der Waals surface area contributed by atoms with Gasteiger partial charge >= 0.3 is 0 Å². The van der Waals surface area contributed by atoms with Crippen LogP contribution in [-0.4, -0.2) is 47.2 Å². The molecular weight excluding hydrogens is 236 g/mol. The summed E-state index contributed by atoms with van der Waals surface area (Å²) in [5, 5.41) is 0. The van der Waals surface area contributed by atoms with Crippen LogP contribution in [0.1, 0.15) is 6.92 Å². The van der Waals surface area contributed by atoms with Gasteiger partial charge in [-0.2, -0.15) is 0 Å². The number of hydrogen-bond acceptors (Lipinski definition) is 3. The van der Waals surface area contributed by atoms with Crippen molar-refractivity contribution in [2.75, 3.05) is 37.6 Å². The zero-order valence-corrected chi connectivity index (χ0v) is 11.4. The van der Waals surface area contributed by atoms with Crippen LogP contribution in [-0.2, 0) is 0 Å². The summed E-state index contributed by atoms with van der Waals surface area (Å²) in [4.78, 5) is 9.03. The molecule has 0 N–H and O–H groups in total. The van der Waals surface area contributed by atoms with Crippen LogP contribution in [0.4, 0.5) is 5.69 Å². The third-order valence-electron chi connectivity index (χ3n) is 3.84. The molecule has 1 saturated heterocycles. The number of rotatable bonds is 3. The zero-order chi connectivity index (χ0) is 13.1. The number of imidazole rings is 1. The van der Waals surface area contributed by atoms with E-state index in [2.05, 4.69) is 46.0 Å². The second kappa shape index (κ2) is 5.45. The third kappa shape index (κ3) is 2.63. The van der Waals surface area contributed by atoms with Crippen molar-refractivity contribution in [2.45, 2.75) is 6.92 Å². The molecule has 0 unspecified atom stereocenters.